The smallest absolute Gasteiger partial charge is 0.294 e. The van der Waals surface area contributed by atoms with Crippen molar-refractivity contribution < 1.29 is 8.42 Å². The van der Waals surface area contributed by atoms with Gasteiger partial charge in [0.15, 0.2) is 0 Å². The first-order valence-corrected chi connectivity index (χ1v) is 10.8. The molecule has 0 aliphatic heterocycles. The molecule has 1 aromatic heterocycles. The summed E-state index contributed by atoms with van der Waals surface area (Å²) in [6, 6.07) is 14.4. The lowest BCUT2D eigenvalue weighted by atomic mass is 10.1. The minimum Gasteiger partial charge on any atom is -0.294 e. The molecule has 1 heterocycles. The van der Waals surface area contributed by atoms with Gasteiger partial charge in [-0.1, -0.05) is 55.5 Å². The predicted octanol–water partition coefficient (Wildman–Crippen LogP) is 3.43. The standard InChI is InChI=1S/C19H22N2O3S2/c1-13(2)14(3)20-26(23,24)16-9-10-17-18(11-16)25-19(22)21(17)12-15-7-5-4-6-8-15/h4-11,13-14,20H,12H2,1-3H3/t14-/m1/s1. The molecule has 138 valence electrons. The molecule has 1 N–H and O–H groups in total. The van der Waals surface area contributed by atoms with Crippen LogP contribution in [0.5, 0.6) is 0 Å². The second-order valence-corrected chi connectivity index (χ2v) is 9.43. The van der Waals surface area contributed by atoms with Gasteiger partial charge in [-0.3, -0.25) is 9.36 Å². The summed E-state index contributed by atoms with van der Waals surface area (Å²) in [5.41, 5.74) is 1.78. The van der Waals surface area contributed by atoms with Crippen molar-refractivity contribution in [3.63, 3.8) is 0 Å². The molecular weight excluding hydrogens is 368 g/mol. The molecule has 26 heavy (non-hydrogen) atoms. The Morgan fingerprint density at radius 3 is 2.42 bits per heavy atom. The zero-order chi connectivity index (χ0) is 18.9. The van der Waals surface area contributed by atoms with Crippen molar-refractivity contribution in [2.24, 2.45) is 5.92 Å². The van der Waals surface area contributed by atoms with Gasteiger partial charge in [-0.05, 0) is 36.6 Å². The minimum absolute atomic E-state index is 0.0955. The van der Waals surface area contributed by atoms with E-state index in [9.17, 15) is 13.2 Å². The van der Waals surface area contributed by atoms with Crippen molar-refractivity contribution in [1.82, 2.24) is 9.29 Å². The van der Waals surface area contributed by atoms with Gasteiger partial charge in [-0.2, -0.15) is 0 Å². The summed E-state index contributed by atoms with van der Waals surface area (Å²) in [7, 11) is -3.61. The van der Waals surface area contributed by atoms with Crippen molar-refractivity contribution in [3.05, 3.63) is 63.8 Å². The molecule has 3 rings (SSSR count). The van der Waals surface area contributed by atoms with E-state index in [1.54, 1.807) is 22.8 Å². The number of sulfonamides is 1. The van der Waals surface area contributed by atoms with Crippen LogP contribution >= 0.6 is 11.3 Å². The largest absolute Gasteiger partial charge is 0.308 e. The number of hydrogen-bond donors (Lipinski definition) is 1. The Morgan fingerprint density at radius 1 is 1.08 bits per heavy atom. The van der Waals surface area contributed by atoms with Crippen LogP contribution in [0.3, 0.4) is 0 Å². The van der Waals surface area contributed by atoms with E-state index in [1.807, 2.05) is 51.1 Å². The molecular formula is C19H22N2O3S2. The Labute approximate surface area is 157 Å². The molecule has 1 atom stereocenters. The van der Waals surface area contributed by atoms with Crippen LogP contribution in [0.25, 0.3) is 10.2 Å². The van der Waals surface area contributed by atoms with Crippen molar-refractivity contribution in [2.75, 3.05) is 0 Å². The van der Waals surface area contributed by atoms with Crippen LogP contribution in [0.1, 0.15) is 26.3 Å². The topological polar surface area (TPSA) is 68.2 Å². The van der Waals surface area contributed by atoms with Crippen molar-refractivity contribution in [3.8, 4) is 0 Å². The Kier molecular flexibility index (Phi) is 5.32. The summed E-state index contributed by atoms with van der Waals surface area (Å²) in [5.74, 6) is 0.191. The molecule has 0 amide bonds. The lowest BCUT2D eigenvalue weighted by Gasteiger charge is -2.17. The van der Waals surface area contributed by atoms with E-state index in [-0.39, 0.29) is 21.7 Å². The predicted molar refractivity (Wildman–Crippen MR) is 106 cm³/mol. The zero-order valence-corrected chi connectivity index (χ0v) is 16.6. The molecule has 5 nitrogen and oxygen atoms in total. The van der Waals surface area contributed by atoms with Gasteiger partial charge >= 0.3 is 4.87 Å². The molecule has 0 bridgehead atoms. The summed E-state index contributed by atoms with van der Waals surface area (Å²) < 4.78 is 30.2. The molecule has 0 radical (unpaired) electrons. The van der Waals surface area contributed by atoms with E-state index in [2.05, 4.69) is 4.72 Å². The normalized spacial score (nSPS) is 13.4. The molecule has 0 saturated heterocycles. The van der Waals surface area contributed by atoms with Gasteiger partial charge in [0, 0.05) is 6.04 Å². The van der Waals surface area contributed by atoms with E-state index in [1.165, 1.54) is 0 Å². The van der Waals surface area contributed by atoms with E-state index >= 15 is 0 Å². The number of aromatic nitrogens is 1. The lowest BCUT2D eigenvalue weighted by molar-refractivity contribution is 0.476. The number of rotatable bonds is 6. The van der Waals surface area contributed by atoms with Crippen LogP contribution in [0, 0.1) is 5.92 Å². The molecule has 0 unspecified atom stereocenters. The fraction of sp³-hybridized carbons (Fsp3) is 0.316. The average Bonchev–Trinajstić information content (AvgIpc) is 2.90. The molecule has 0 aliphatic rings. The first-order valence-electron chi connectivity index (χ1n) is 8.47. The summed E-state index contributed by atoms with van der Waals surface area (Å²) in [5, 5.41) is 0. The van der Waals surface area contributed by atoms with Gasteiger partial charge in [0.05, 0.1) is 21.7 Å². The minimum atomic E-state index is -3.61. The fourth-order valence-electron chi connectivity index (χ4n) is 2.58. The van der Waals surface area contributed by atoms with Crippen LogP contribution < -0.4 is 9.60 Å². The molecule has 3 aromatic rings. The summed E-state index contributed by atoms with van der Waals surface area (Å²) >= 11 is 1.07. The highest BCUT2D eigenvalue weighted by Crippen LogP contribution is 2.23. The maximum absolute atomic E-state index is 12.6. The maximum atomic E-state index is 12.6. The summed E-state index contributed by atoms with van der Waals surface area (Å²) in [6.07, 6.45) is 0. The zero-order valence-electron chi connectivity index (χ0n) is 15.0. The number of hydrogen-bond acceptors (Lipinski definition) is 4. The van der Waals surface area contributed by atoms with Gasteiger partial charge in [0.25, 0.3) is 0 Å². The molecule has 0 spiro atoms. The Balaban J connectivity index is 1.97. The molecule has 7 heteroatoms. The van der Waals surface area contributed by atoms with Gasteiger partial charge in [-0.25, -0.2) is 13.1 Å². The number of fused-ring (bicyclic) bond motifs is 1. The first-order chi connectivity index (χ1) is 12.3. The number of benzene rings is 2. The quantitative estimate of drug-likeness (QED) is 0.701. The van der Waals surface area contributed by atoms with Crippen LogP contribution in [0.15, 0.2) is 58.2 Å². The Morgan fingerprint density at radius 2 is 1.77 bits per heavy atom. The molecule has 0 aliphatic carbocycles. The molecule has 0 saturated carbocycles. The molecule has 2 aromatic carbocycles. The number of nitrogens with one attached hydrogen (secondary N) is 1. The maximum Gasteiger partial charge on any atom is 0.308 e. The SMILES string of the molecule is CC(C)[C@@H](C)NS(=O)(=O)c1ccc2c(c1)sc(=O)n2Cc1ccccc1. The Hall–Kier alpha value is -1.96. The van der Waals surface area contributed by atoms with Gasteiger partial charge in [-0.15, -0.1) is 0 Å². The summed E-state index contributed by atoms with van der Waals surface area (Å²) in [4.78, 5) is 12.5. The van der Waals surface area contributed by atoms with Gasteiger partial charge in [0.2, 0.25) is 10.0 Å². The molecule has 0 fully saturated rings. The van der Waals surface area contributed by atoms with Crippen molar-refractivity contribution in [2.45, 2.75) is 38.3 Å². The van der Waals surface area contributed by atoms with Crippen molar-refractivity contribution in [1.29, 1.82) is 0 Å². The van der Waals surface area contributed by atoms with Crippen LogP contribution in [-0.4, -0.2) is 19.0 Å². The van der Waals surface area contributed by atoms with Gasteiger partial charge in [0.1, 0.15) is 0 Å². The lowest BCUT2D eigenvalue weighted by Crippen LogP contribution is -2.36. The number of thiazole rings is 1. The van der Waals surface area contributed by atoms with Crippen LogP contribution in [0.4, 0.5) is 0 Å². The first kappa shape index (κ1) is 18.8. The fourth-order valence-corrected chi connectivity index (χ4v) is 5.00. The van der Waals surface area contributed by atoms with Crippen LogP contribution in [-0.2, 0) is 16.6 Å². The van der Waals surface area contributed by atoms with Gasteiger partial charge < -0.3 is 0 Å². The second kappa shape index (κ2) is 7.34. The van der Waals surface area contributed by atoms with E-state index < -0.39 is 10.0 Å². The second-order valence-electron chi connectivity index (χ2n) is 6.72. The van der Waals surface area contributed by atoms with Crippen LogP contribution in [0.2, 0.25) is 0 Å². The highest BCUT2D eigenvalue weighted by atomic mass is 32.2. The van der Waals surface area contributed by atoms with E-state index in [0.29, 0.717) is 11.2 Å². The number of nitrogens with zero attached hydrogens (tertiary/aromatic N) is 1. The summed E-state index contributed by atoms with van der Waals surface area (Å²) in [6.45, 7) is 6.24. The van der Waals surface area contributed by atoms with E-state index in [4.69, 9.17) is 0 Å². The third-order valence-corrected chi connectivity index (χ3v) is 6.97. The third-order valence-electron chi connectivity index (χ3n) is 4.47. The van der Waals surface area contributed by atoms with E-state index in [0.717, 1.165) is 22.4 Å². The highest BCUT2D eigenvalue weighted by molar-refractivity contribution is 7.89. The monoisotopic (exact) mass is 390 g/mol. The Bertz CT molecular complexity index is 1070. The third kappa shape index (κ3) is 3.90. The highest BCUT2D eigenvalue weighted by Gasteiger charge is 2.20. The average molecular weight is 391 g/mol. The van der Waals surface area contributed by atoms with Crippen molar-refractivity contribution >= 4 is 31.6 Å².